The second kappa shape index (κ2) is 6.49. The van der Waals surface area contributed by atoms with Crippen LogP contribution in [0.1, 0.15) is 45.2 Å². The zero-order valence-electron chi connectivity index (χ0n) is 12.3. The van der Waals surface area contributed by atoms with Crippen molar-refractivity contribution >= 4 is 0 Å². The second-order valence-corrected chi connectivity index (χ2v) is 6.04. The van der Waals surface area contributed by atoms with Gasteiger partial charge >= 0.3 is 0 Å². The van der Waals surface area contributed by atoms with Gasteiger partial charge < -0.3 is 5.73 Å². The highest BCUT2D eigenvalue weighted by molar-refractivity contribution is 5.05. The highest BCUT2D eigenvalue weighted by Gasteiger charge is 2.34. The summed E-state index contributed by atoms with van der Waals surface area (Å²) >= 11 is 0. The van der Waals surface area contributed by atoms with Gasteiger partial charge in [-0.05, 0) is 37.9 Å². The minimum absolute atomic E-state index is 0.108. The number of hydrogen-bond donors (Lipinski definition) is 1. The first-order valence-corrected chi connectivity index (χ1v) is 7.53. The molecule has 1 aromatic rings. The number of aromatic nitrogens is 1. The molecule has 1 heterocycles. The molecule has 3 heteroatoms. The fraction of sp³-hybridized carbons (Fsp3) is 0.688. The van der Waals surface area contributed by atoms with Crippen molar-refractivity contribution < 1.29 is 0 Å². The van der Waals surface area contributed by atoms with Crippen LogP contribution in [-0.2, 0) is 6.54 Å². The fourth-order valence-electron chi connectivity index (χ4n) is 3.03. The molecule has 1 aromatic heterocycles. The van der Waals surface area contributed by atoms with E-state index in [4.69, 9.17) is 5.73 Å². The van der Waals surface area contributed by atoms with Crippen LogP contribution in [0.2, 0.25) is 0 Å². The second-order valence-electron chi connectivity index (χ2n) is 6.04. The third-order valence-electron chi connectivity index (χ3n) is 4.62. The maximum absolute atomic E-state index is 6.10. The largest absolute Gasteiger partial charge is 0.329 e. The molecule has 0 saturated heterocycles. The van der Waals surface area contributed by atoms with Crippen LogP contribution in [0.5, 0.6) is 0 Å². The van der Waals surface area contributed by atoms with Gasteiger partial charge in [0.15, 0.2) is 0 Å². The van der Waals surface area contributed by atoms with E-state index in [9.17, 15) is 0 Å². The van der Waals surface area contributed by atoms with Crippen LogP contribution in [0, 0.1) is 5.92 Å². The Balaban J connectivity index is 2.04. The van der Waals surface area contributed by atoms with E-state index in [2.05, 4.69) is 35.9 Å². The summed E-state index contributed by atoms with van der Waals surface area (Å²) in [6, 6.07) is 6.13. The monoisotopic (exact) mass is 261 g/mol. The molecule has 3 nitrogen and oxygen atoms in total. The summed E-state index contributed by atoms with van der Waals surface area (Å²) in [5.74, 6) is 0.881. The van der Waals surface area contributed by atoms with Gasteiger partial charge in [0.25, 0.3) is 0 Å². The number of nitrogens with zero attached hydrogens (tertiary/aromatic N) is 2. The molecule has 0 aromatic carbocycles. The number of nitrogens with two attached hydrogens (primary N) is 1. The molecule has 1 saturated carbocycles. The van der Waals surface area contributed by atoms with Gasteiger partial charge in [0.05, 0.1) is 5.69 Å². The maximum Gasteiger partial charge on any atom is 0.0544 e. The minimum atomic E-state index is 0.108. The Morgan fingerprint density at radius 1 is 1.42 bits per heavy atom. The molecule has 0 amide bonds. The zero-order valence-corrected chi connectivity index (χ0v) is 12.3. The van der Waals surface area contributed by atoms with Crippen molar-refractivity contribution in [1.82, 2.24) is 9.88 Å². The molecule has 1 aliphatic carbocycles. The first kappa shape index (κ1) is 14.5. The van der Waals surface area contributed by atoms with E-state index in [1.165, 1.54) is 25.7 Å². The Labute approximate surface area is 117 Å². The molecule has 19 heavy (non-hydrogen) atoms. The quantitative estimate of drug-likeness (QED) is 0.820. The molecule has 0 bridgehead atoms. The maximum atomic E-state index is 6.10. The summed E-state index contributed by atoms with van der Waals surface area (Å²) in [6.45, 7) is 7.19. The number of likely N-dealkylation sites (N-methyl/N-ethyl adjacent to an activating group) is 1. The van der Waals surface area contributed by atoms with E-state index >= 15 is 0 Å². The van der Waals surface area contributed by atoms with Crippen LogP contribution in [0.15, 0.2) is 24.4 Å². The van der Waals surface area contributed by atoms with Crippen molar-refractivity contribution in [1.29, 1.82) is 0 Å². The normalized spacial score (nSPS) is 19.2. The molecule has 0 aliphatic heterocycles. The van der Waals surface area contributed by atoms with Gasteiger partial charge in [-0.15, -0.1) is 0 Å². The van der Waals surface area contributed by atoms with Gasteiger partial charge in [-0.3, -0.25) is 9.88 Å². The van der Waals surface area contributed by atoms with E-state index in [1.54, 1.807) is 0 Å². The summed E-state index contributed by atoms with van der Waals surface area (Å²) < 4.78 is 0. The lowest BCUT2D eigenvalue weighted by Gasteiger charge is -2.44. The molecular weight excluding hydrogens is 234 g/mol. The van der Waals surface area contributed by atoms with E-state index in [1.807, 2.05) is 12.3 Å². The molecule has 1 unspecified atom stereocenters. The predicted octanol–water partition coefficient (Wildman–Crippen LogP) is 2.81. The van der Waals surface area contributed by atoms with Gasteiger partial charge in [-0.1, -0.05) is 32.3 Å². The van der Waals surface area contributed by atoms with E-state index < -0.39 is 0 Å². The average Bonchev–Trinajstić information content (AvgIpc) is 2.41. The molecule has 2 N–H and O–H groups in total. The standard InChI is InChI=1S/C16H27N3/c1-3-19(12-15-9-4-5-10-18-15)16(2,13-17)11-14-7-6-8-14/h4-5,9-10,14H,3,6-8,11-13,17H2,1-2H3. The predicted molar refractivity (Wildman–Crippen MR) is 79.7 cm³/mol. The van der Waals surface area contributed by atoms with Crippen molar-refractivity contribution in [2.24, 2.45) is 11.7 Å². The van der Waals surface area contributed by atoms with Crippen LogP contribution in [0.3, 0.4) is 0 Å². The van der Waals surface area contributed by atoms with Crippen molar-refractivity contribution in [3.63, 3.8) is 0 Å². The Hall–Kier alpha value is -0.930. The molecule has 0 spiro atoms. The van der Waals surface area contributed by atoms with Gasteiger partial charge in [0.2, 0.25) is 0 Å². The van der Waals surface area contributed by atoms with Gasteiger partial charge in [0.1, 0.15) is 0 Å². The smallest absolute Gasteiger partial charge is 0.0544 e. The highest BCUT2D eigenvalue weighted by atomic mass is 15.2. The minimum Gasteiger partial charge on any atom is -0.329 e. The molecule has 1 aliphatic rings. The first-order valence-electron chi connectivity index (χ1n) is 7.53. The third-order valence-corrected chi connectivity index (χ3v) is 4.62. The lowest BCUT2D eigenvalue weighted by atomic mass is 9.76. The van der Waals surface area contributed by atoms with Crippen LogP contribution in [0.4, 0.5) is 0 Å². The Bertz CT molecular complexity index is 375. The van der Waals surface area contributed by atoms with E-state index in [0.717, 1.165) is 31.2 Å². The first-order chi connectivity index (χ1) is 9.18. The summed E-state index contributed by atoms with van der Waals surface area (Å²) in [4.78, 5) is 6.94. The van der Waals surface area contributed by atoms with E-state index in [0.29, 0.717) is 0 Å². The molecule has 106 valence electrons. The molecular formula is C16H27N3. The van der Waals surface area contributed by atoms with Gasteiger partial charge in [0, 0.05) is 24.8 Å². The number of rotatable bonds is 7. The Morgan fingerprint density at radius 3 is 2.68 bits per heavy atom. The Morgan fingerprint density at radius 2 is 2.21 bits per heavy atom. The average molecular weight is 261 g/mol. The number of pyridine rings is 1. The van der Waals surface area contributed by atoms with Crippen molar-refractivity contribution in [2.75, 3.05) is 13.1 Å². The summed E-state index contributed by atoms with van der Waals surface area (Å²) in [5.41, 5.74) is 7.35. The van der Waals surface area contributed by atoms with Crippen molar-refractivity contribution in [3.05, 3.63) is 30.1 Å². The molecule has 0 radical (unpaired) electrons. The Kier molecular flexibility index (Phi) is 4.94. The zero-order chi connectivity index (χ0) is 13.7. The summed E-state index contributed by atoms with van der Waals surface area (Å²) in [5, 5.41) is 0. The molecule has 1 atom stereocenters. The third kappa shape index (κ3) is 3.54. The number of hydrogen-bond acceptors (Lipinski definition) is 3. The van der Waals surface area contributed by atoms with Crippen LogP contribution in [0.25, 0.3) is 0 Å². The van der Waals surface area contributed by atoms with Crippen molar-refractivity contribution in [3.8, 4) is 0 Å². The van der Waals surface area contributed by atoms with Crippen LogP contribution >= 0.6 is 0 Å². The lowest BCUT2D eigenvalue weighted by molar-refractivity contribution is 0.0647. The fourth-order valence-corrected chi connectivity index (χ4v) is 3.03. The lowest BCUT2D eigenvalue weighted by Crippen LogP contribution is -2.52. The van der Waals surface area contributed by atoms with Crippen molar-refractivity contribution in [2.45, 2.75) is 51.6 Å². The molecule has 2 rings (SSSR count). The molecule has 1 fully saturated rings. The summed E-state index contributed by atoms with van der Waals surface area (Å²) in [6.07, 6.45) is 7.27. The summed E-state index contributed by atoms with van der Waals surface area (Å²) in [7, 11) is 0. The topological polar surface area (TPSA) is 42.2 Å². The SMILES string of the molecule is CCN(Cc1ccccn1)C(C)(CN)CC1CCC1. The van der Waals surface area contributed by atoms with Gasteiger partial charge in [-0.25, -0.2) is 0 Å². The van der Waals surface area contributed by atoms with Crippen LogP contribution < -0.4 is 5.73 Å². The highest BCUT2D eigenvalue weighted by Crippen LogP contribution is 2.36. The van der Waals surface area contributed by atoms with E-state index in [-0.39, 0.29) is 5.54 Å². The van der Waals surface area contributed by atoms with Crippen LogP contribution in [-0.4, -0.2) is 28.5 Å². The van der Waals surface area contributed by atoms with Gasteiger partial charge in [-0.2, -0.15) is 0 Å².